The zero-order valence-electron chi connectivity index (χ0n) is 6.16. The van der Waals surface area contributed by atoms with Crippen molar-refractivity contribution in [3.63, 3.8) is 0 Å². The minimum atomic E-state index is -0.486. The Bertz CT molecular complexity index is 79.4. The smallest absolute Gasteiger partial charge is 0.155 e. The first-order chi connectivity index (χ1) is 4.83. The molecule has 1 saturated heterocycles. The van der Waals surface area contributed by atoms with Crippen molar-refractivity contribution >= 4 is 9.24 Å². The van der Waals surface area contributed by atoms with E-state index in [1.165, 1.54) is 0 Å². The van der Waals surface area contributed by atoms with E-state index in [0.29, 0.717) is 0 Å². The molecule has 0 spiro atoms. The van der Waals surface area contributed by atoms with Crippen molar-refractivity contribution in [1.82, 2.24) is 0 Å². The fourth-order valence-corrected chi connectivity index (χ4v) is 1.21. The molecular weight excluding hydrogens is 151 g/mol. The van der Waals surface area contributed by atoms with E-state index in [9.17, 15) is 0 Å². The molecule has 0 amide bonds. The second kappa shape index (κ2) is 6.05. The van der Waals surface area contributed by atoms with Gasteiger partial charge in [-0.1, -0.05) is 0 Å². The summed E-state index contributed by atoms with van der Waals surface area (Å²) >= 11 is 0. The average Bonchev–Trinajstić information content (AvgIpc) is 2.40. The minimum absolute atomic E-state index is 0.287. The van der Waals surface area contributed by atoms with Gasteiger partial charge >= 0.3 is 0 Å². The van der Waals surface area contributed by atoms with Gasteiger partial charge in [-0.15, -0.1) is 9.24 Å². The van der Waals surface area contributed by atoms with Gasteiger partial charge in [0.2, 0.25) is 0 Å². The van der Waals surface area contributed by atoms with Crippen molar-refractivity contribution in [3.05, 3.63) is 0 Å². The molecular formula is C6H15O3P. The summed E-state index contributed by atoms with van der Waals surface area (Å²) in [5.74, 6) is 0. The highest BCUT2D eigenvalue weighted by Crippen LogP contribution is 2.18. The maximum absolute atomic E-state index is 8.80. The van der Waals surface area contributed by atoms with Crippen LogP contribution in [-0.2, 0) is 4.74 Å². The Balaban J connectivity index is 0.000000371. The lowest BCUT2D eigenvalue weighted by atomic mass is 10.3. The summed E-state index contributed by atoms with van der Waals surface area (Å²) in [4.78, 5) is 0. The fourth-order valence-electron chi connectivity index (χ4n) is 0.860. The Hall–Kier alpha value is 0.310. The molecule has 1 heterocycles. The van der Waals surface area contributed by atoms with Gasteiger partial charge in [-0.2, -0.15) is 0 Å². The number of aliphatic hydroxyl groups is 2. The highest BCUT2D eigenvalue weighted by molar-refractivity contribution is 7.16. The van der Waals surface area contributed by atoms with E-state index in [-0.39, 0.29) is 6.10 Å². The third-order valence-electron chi connectivity index (χ3n) is 1.35. The van der Waals surface area contributed by atoms with Crippen LogP contribution < -0.4 is 0 Å². The molecule has 0 aliphatic carbocycles. The van der Waals surface area contributed by atoms with Gasteiger partial charge in [0.15, 0.2) is 6.29 Å². The molecule has 4 heteroatoms. The standard InChI is InChI=1S/C5H11O2P.CH4O/c6-5-2-1-4(3-8)7-5;1-2/h4-6H,1-3,8H2;2H,1H3/t4-,5?;/m0./s1. The van der Waals surface area contributed by atoms with Crippen molar-refractivity contribution in [2.24, 2.45) is 0 Å². The van der Waals surface area contributed by atoms with E-state index >= 15 is 0 Å². The molecule has 10 heavy (non-hydrogen) atoms. The maximum Gasteiger partial charge on any atom is 0.155 e. The van der Waals surface area contributed by atoms with Crippen LogP contribution in [0.2, 0.25) is 0 Å². The molecule has 0 aromatic rings. The third-order valence-corrected chi connectivity index (χ3v) is 1.87. The quantitative estimate of drug-likeness (QED) is 0.538. The predicted octanol–water partition coefficient (Wildman–Crippen LogP) is -0.0326. The van der Waals surface area contributed by atoms with E-state index in [0.717, 1.165) is 26.1 Å². The minimum Gasteiger partial charge on any atom is -0.400 e. The lowest BCUT2D eigenvalue weighted by molar-refractivity contribution is -0.0837. The summed E-state index contributed by atoms with van der Waals surface area (Å²) in [5, 5.41) is 15.8. The Kier molecular flexibility index (Phi) is 6.24. The first-order valence-corrected chi connectivity index (χ1v) is 4.13. The molecule has 1 fully saturated rings. The number of rotatable bonds is 1. The Morgan fingerprint density at radius 1 is 1.50 bits per heavy atom. The molecule has 2 N–H and O–H groups in total. The maximum atomic E-state index is 8.80. The predicted molar refractivity (Wildman–Crippen MR) is 42.8 cm³/mol. The van der Waals surface area contributed by atoms with Gasteiger partial charge in [0, 0.05) is 13.5 Å². The van der Waals surface area contributed by atoms with Crippen LogP contribution in [0.15, 0.2) is 0 Å². The van der Waals surface area contributed by atoms with E-state index < -0.39 is 6.29 Å². The molecule has 0 radical (unpaired) electrons. The molecule has 1 aliphatic heterocycles. The van der Waals surface area contributed by atoms with Crippen molar-refractivity contribution in [2.75, 3.05) is 13.3 Å². The van der Waals surface area contributed by atoms with Crippen LogP contribution in [0.3, 0.4) is 0 Å². The zero-order valence-corrected chi connectivity index (χ0v) is 7.31. The second-order valence-electron chi connectivity index (χ2n) is 2.03. The average molecular weight is 166 g/mol. The third kappa shape index (κ3) is 3.47. The van der Waals surface area contributed by atoms with E-state index in [1.807, 2.05) is 0 Å². The van der Waals surface area contributed by atoms with Gasteiger partial charge < -0.3 is 14.9 Å². The van der Waals surface area contributed by atoms with Gasteiger partial charge in [-0.05, 0) is 12.6 Å². The highest BCUT2D eigenvalue weighted by Gasteiger charge is 2.20. The van der Waals surface area contributed by atoms with E-state index in [2.05, 4.69) is 9.24 Å². The number of ether oxygens (including phenoxy) is 1. The van der Waals surface area contributed by atoms with Gasteiger partial charge in [-0.25, -0.2) is 0 Å². The summed E-state index contributed by atoms with van der Waals surface area (Å²) < 4.78 is 5.05. The number of hydrogen-bond acceptors (Lipinski definition) is 3. The number of hydrogen-bond donors (Lipinski definition) is 2. The first-order valence-electron chi connectivity index (χ1n) is 3.31. The highest BCUT2D eigenvalue weighted by atomic mass is 31.0. The molecule has 62 valence electrons. The van der Waals surface area contributed by atoms with Crippen LogP contribution in [0, 0.1) is 0 Å². The van der Waals surface area contributed by atoms with E-state index in [1.54, 1.807) is 0 Å². The molecule has 0 aromatic heterocycles. The van der Waals surface area contributed by atoms with Crippen LogP contribution in [0.5, 0.6) is 0 Å². The molecule has 3 nitrogen and oxygen atoms in total. The summed E-state index contributed by atoms with van der Waals surface area (Å²) in [5.41, 5.74) is 0. The van der Waals surface area contributed by atoms with Gasteiger partial charge in [0.1, 0.15) is 0 Å². The Morgan fingerprint density at radius 3 is 2.30 bits per heavy atom. The molecule has 1 rings (SSSR count). The first kappa shape index (κ1) is 10.3. The molecule has 0 bridgehead atoms. The SMILES string of the molecule is CO.OC1CC[C@@H](CP)O1. The second-order valence-corrected chi connectivity index (χ2v) is 2.50. The Morgan fingerprint density at radius 2 is 2.10 bits per heavy atom. The molecule has 3 atom stereocenters. The lowest BCUT2D eigenvalue weighted by Crippen LogP contribution is -2.10. The zero-order chi connectivity index (χ0) is 7.98. The largest absolute Gasteiger partial charge is 0.400 e. The molecule has 0 saturated carbocycles. The Labute approximate surface area is 63.6 Å². The van der Waals surface area contributed by atoms with Crippen LogP contribution in [-0.4, -0.2) is 35.9 Å². The van der Waals surface area contributed by atoms with Crippen molar-refractivity contribution < 1.29 is 14.9 Å². The van der Waals surface area contributed by atoms with Crippen LogP contribution in [0.1, 0.15) is 12.8 Å². The molecule has 1 aliphatic rings. The normalized spacial score (nSPS) is 31.2. The topological polar surface area (TPSA) is 49.7 Å². The summed E-state index contributed by atoms with van der Waals surface area (Å²) in [6.45, 7) is 0. The monoisotopic (exact) mass is 166 g/mol. The van der Waals surface area contributed by atoms with Crippen LogP contribution >= 0.6 is 9.24 Å². The summed E-state index contributed by atoms with van der Waals surface area (Å²) in [6, 6.07) is 0. The van der Waals surface area contributed by atoms with Gasteiger partial charge in [0.25, 0.3) is 0 Å². The van der Waals surface area contributed by atoms with Crippen LogP contribution in [0.4, 0.5) is 0 Å². The summed E-state index contributed by atoms with van der Waals surface area (Å²) in [7, 11) is 3.60. The molecule has 2 unspecified atom stereocenters. The number of aliphatic hydroxyl groups excluding tert-OH is 2. The molecule has 0 aromatic carbocycles. The lowest BCUT2D eigenvalue weighted by Gasteiger charge is -2.04. The fraction of sp³-hybridized carbons (Fsp3) is 1.00. The van der Waals surface area contributed by atoms with E-state index in [4.69, 9.17) is 14.9 Å². The van der Waals surface area contributed by atoms with Crippen LogP contribution in [0.25, 0.3) is 0 Å². The summed E-state index contributed by atoms with van der Waals surface area (Å²) in [6.07, 6.45) is 2.55. The van der Waals surface area contributed by atoms with Gasteiger partial charge in [-0.3, -0.25) is 0 Å². The van der Waals surface area contributed by atoms with Crippen molar-refractivity contribution in [1.29, 1.82) is 0 Å². The van der Waals surface area contributed by atoms with Gasteiger partial charge in [0.05, 0.1) is 6.10 Å². The van der Waals surface area contributed by atoms with Crippen molar-refractivity contribution in [3.8, 4) is 0 Å². The van der Waals surface area contributed by atoms with Crippen molar-refractivity contribution in [2.45, 2.75) is 25.2 Å².